The van der Waals surface area contributed by atoms with Gasteiger partial charge in [0.2, 0.25) is 0 Å². The Hall–Kier alpha value is -2.72. The second-order valence-electron chi connectivity index (χ2n) is 7.75. The molecule has 144 valence electrons. The monoisotopic (exact) mass is 372 g/mol. The van der Waals surface area contributed by atoms with Gasteiger partial charge in [0.25, 0.3) is 0 Å². The van der Waals surface area contributed by atoms with Crippen molar-refractivity contribution in [1.29, 1.82) is 0 Å². The molecule has 28 heavy (non-hydrogen) atoms. The predicted octanol–water partition coefficient (Wildman–Crippen LogP) is 4.55. The second kappa shape index (κ2) is 8.53. The molecule has 0 atom stereocenters. The number of piperidine rings is 1. The first-order valence-electron chi connectivity index (χ1n) is 10.1. The number of rotatable bonds is 5. The van der Waals surface area contributed by atoms with Gasteiger partial charge in [0.15, 0.2) is 0 Å². The summed E-state index contributed by atoms with van der Waals surface area (Å²) in [5, 5.41) is 0. The Labute approximate surface area is 167 Å². The molecule has 0 unspecified atom stereocenters. The molecule has 2 heterocycles. The molecule has 4 nitrogen and oxygen atoms in total. The zero-order chi connectivity index (χ0) is 19.3. The van der Waals surface area contributed by atoms with Crippen molar-refractivity contribution in [2.24, 2.45) is 0 Å². The van der Waals surface area contributed by atoms with Gasteiger partial charge in [0.1, 0.15) is 0 Å². The Morgan fingerprint density at radius 1 is 1.00 bits per heavy atom. The van der Waals surface area contributed by atoms with E-state index in [9.17, 15) is 0 Å². The first-order valence-corrected chi connectivity index (χ1v) is 10.1. The highest BCUT2D eigenvalue weighted by Crippen LogP contribution is 2.28. The van der Waals surface area contributed by atoms with Gasteiger partial charge in [-0.3, -0.25) is 14.9 Å². The van der Waals surface area contributed by atoms with Crippen molar-refractivity contribution in [3.8, 4) is 11.1 Å². The van der Waals surface area contributed by atoms with Crippen molar-refractivity contribution >= 4 is 5.69 Å². The quantitative estimate of drug-likeness (QED) is 0.657. The molecular formula is C24H28N4. The molecule has 3 aromatic rings. The summed E-state index contributed by atoms with van der Waals surface area (Å²) in [6, 6.07) is 18.3. The molecule has 0 radical (unpaired) electrons. The van der Waals surface area contributed by atoms with Crippen LogP contribution in [0.1, 0.15) is 24.1 Å². The van der Waals surface area contributed by atoms with Gasteiger partial charge in [0, 0.05) is 50.0 Å². The average Bonchev–Trinajstić information content (AvgIpc) is 2.75. The molecule has 0 amide bonds. The summed E-state index contributed by atoms with van der Waals surface area (Å²) >= 11 is 0. The Kier molecular flexibility index (Phi) is 5.68. The fourth-order valence-corrected chi connectivity index (χ4v) is 4.07. The van der Waals surface area contributed by atoms with Crippen molar-refractivity contribution in [3.05, 3.63) is 78.4 Å². The topological polar surface area (TPSA) is 32.3 Å². The average molecular weight is 373 g/mol. The Balaban J connectivity index is 1.39. The molecule has 0 aliphatic carbocycles. The van der Waals surface area contributed by atoms with Gasteiger partial charge in [-0.15, -0.1) is 0 Å². The normalized spacial score (nSPS) is 15.2. The summed E-state index contributed by atoms with van der Waals surface area (Å²) in [5.74, 6) is 0. The summed E-state index contributed by atoms with van der Waals surface area (Å²) in [7, 11) is 2.20. The third kappa shape index (κ3) is 4.39. The molecule has 0 bridgehead atoms. The molecule has 1 aromatic heterocycles. The Bertz CT molecular complexity index is 901. The van der Waals surface area contributed by atoms with E-state index in [1.165, 1.54) is 35.2 Å². The van der Waals surface area contributed by atoms with Gasteiger partial charge < -0.3 is 4.90 Å². The maximum absolute atomic E-state index is 4.41. The minimum atomic E-state index is 0.596. The lowest BCUT2D eigenvalue weighted by Crippen LogP contribution is -2.43. The number of benzene rings is 2. The molecule has 4 heteroatoms. The van der Waals surface area contributed by atoms with Crippen LogP contribution in [0.2, 0.25) is 0 Å². The fourth-order valence-electron chi connectivity index (χ4n) is 4.07. The maximum atomic E-state index is 4.41. The standard InChI is InChI=1S/C24H28N4/c1-19-5-3-6-20(15-19)21-7-4-8-24(16-21)28-13-9-23(10-14-28)27(2)18-22-17-25-11-12-26-22/h3-8,11-12,15-17,23H,9-10,13-14,18H2,1-2H3. The van der Waals surface area contributed by atoms with Gasteiger partial charge in [-0.25, -0.2) is 0 Å². The minimum absolute atomic E-state index is 0.596. The number of nitrogens with zero attached hydrogens (tertiary/aromatic N) is 4. The van der Waals surface area contributed by atoms with Crippen molar-refractivity contribution in [3.63, 3.8) is 0 Å². The highest BCUT2D eigenvalue weighted by Gasteiger charge is 2.23. The molecule has 0 saturated carbocycles. The van der Waals surface area contributed by atoms with E-state index in [2.05, 4.69) is 82.3 Å². The number of aryl methyl sites for hydroxylation is 1. The SMILES string of the molecule is Cc1cccc(-c2cccc(N3CCC(N(C)Cc4cnccn4)CC3)c2)c1. The van der Waals surface area contributed by atoms with E-state index < -0.39 is 0 Å². The Morgan fingerprint density at radius 3 is 2.46 bits per heavy atom. The van der Waals surface area contributed by atoms with Crippen LogP contribution in [-0.2, 0) is 6.54 Å². The van der Waals surface area contributed by atoms with E-state index in [4.69, 9.17) is 0 Å². The highest BCUT2D eigenvalue weighted by atomic mass is 15.2. The van der Waals surface area contributed by atoms with Crippen molar-refractivity contribution in [1.82, 2.24) is 14.9 Å². The first kappa shape index (κ1) is 18.6. The molecular weight excluding hydrogens is 344 g/mol. The van der Waals surface area contributed by atoms with E-state index in [1.54, 1.807) is 12.4 Å². The summed E-state index contributed by atoms with van der Waals surface area (Å²) in [6.07, 6.45) is 7.71. The molecule has 1 saturated heterocycles. The van der Waals surface area contributed by atoms with E-state index >= 15 is 0 Å². The van der Waals surface area contributed by atoms with Crippen LogP contribution >= 0.6 is 0 Å². The van der Waals surface area contributed by atoms with Gasteiger partial charge in [0.05, 0.1) is 5.69 Å². The predicted molar refractivity (Wildman–Crippen MR) is 115 cm³/mol. The highest BCUT2D eigenvalue weighted by molar-refractivity contribution is 5.69. The van der Waals surface area contributed by atoms with Crippen LogP contribution in [0.25, 0.3) is 11.1 Å². The number of hydrogen-bond acceptors (Lipinski definition) is 4. The summed E-state index contributed by atoms with van der Waals surface area (Å²) in [6.45, 7) is 5.19. The summed E-state index contributed by atoms with van der Waals surface area (Å²) in [5.41, 5.74) is 6.26. The molecule has 1 aliphatic rings. The van der Waals surface area contributed by atoms with Gasteiger partial charge >= 0.3 is 0 Å². The third-order valence-electron chi connectivity index (χ3n) is 5.68. The Morgan fingerprint density at radius 2 is 1.75 bits per heavy atom. The van der Waals surface area contributed by atoms with E-state index in [1.807, 2.05) is 6.20 Å². The van der Waals surface area contributed by atoms with Crippen molar-refractivity contribution in [2.75, 3.05) is 25.0 Å². The summed E-state index contributed by atoms with van der Waals surface area (Å²) in [4.78, 5) is 13.5. The molecule has 0 spiro atoms. The van der Waals surface area contributed by atoms with E-state index in [-0.39, 0.29) is 0 Å². The molecule has 0 N–H and O–H groups in total. The van der Waals surface area contributed by atoms with Crippen molar-refractivity contribution in [2.45, 2.75) is 32.4 Å². The first-order chi connectivity index (χ1) is 13.7. The van der Waals surface area contributed by atoms with E-state index in [0.29, 0.717) is 6.04 Å². The second-order valence-corrected chi connectivity index (χ2v) is 7.75. The number of anilines is 1. The smallest absolute Gasteiger partial charge is 0.0726 e. The van der Waals surface area contributed by atoms with Gasteiger partial charge in [-0.1, -0.05) is 42.0 Å². The van der Waals surface area contributed by atoms with Crippen LogP contribution < -0.4 is 4.90 Å². The van der Waals surface area contributed by atoms with Crippen LogP contribution in [0.5, 0.6) is 0 Å². The van der Waals surface area contributed by atoms with Gasteiger partial charge in [-0.2, -0.15) is 0 Å². The lowest BCUT2D eigenvalue weighted by molar-refractivity contribution is 0.198. The minimum Gasteiger partial charge on any atom is -0.371 e. The zero-order valence-corrected chi connectivity index (χ0v) is 16.8. The third-order valence-corrected chi connectivity index (χ3v) is 5.68. The molecule has 2 aromatic carbocycles. The van der Waals surface area contributed by atoms with Crippen LogP contribution in [0.15, 0.2) is 67.1 Å². The largest absolute Gasteiger partial charge is 0.371 e. The lowest BCUT2D eigenvalue weighted by Gasteiger charge is -2.38. The van der Waals surface area contributed by atoms with Gasteiger partial charge in [-0.05, 0) is 50.1 Å². The van der Waals surface area contributed by atoms with Crippen molar-refractivity contribution < 1.29 is 0 Å². The van der Waals surface area contributed by atoms with E-state index in [0.717, 1.165) is 25.3 Å². The van der Waals surface area contributed by atoms with Crippen LogP contribution in [0.4, 0.5) is 5.69 Å². The zero-order valence-electron chi connectivity index (χ0n) is 16.8. The number of aromatic nitrogens is 2. The van der Waals surface area contributed by atoms with Crippen LogP contribution in [0, 0.1) is 6.92 Å². The maximum Gasteiger partial charge on any atom is 0.0726 e. The molecule has 1 aliphatic heterocycles. The van der Waals surface area contributed by atoms with Crippen LogP contribution in [0.3, 0.4) is 0 Å². The van der Waals surface area contributed by atoms with Crippen LogP contribution in [-0.4, -0.2) is 41.0 Å². The molecule has 4 rings (SSSR count). The lowest BCUT2D eigenvalue weighted by atomic mass is 10.0. The molecule has 1 fully saturated rings. The summed E-state index contributed by atoms with van der Waals surface area (Å²) < 4.78 is 0. The fraction of sp³-hybridized carbons (Fsp3) is 0.333. The number of hydrogen-bond donors (Lipinski definition) is 0.